The van der Waals surface area contributed by atoms with Crippen LogP contribution in [0.3, 0.4) is 0 Å². The molecule has 0 aliphatic heterocycles. The van der Waals surface area contributed by atoms with Gasteiger partial charge < -0.3 is 9.47 Å². The quantitative estimate of drug-likeness (QED) is 0.0694. The molecule has 4 rings (SSSR count). The Balaban J connectivity index is 0.000000306. The fraction of sp³-hybridized carbons (Fsp3) is 0.467. The van der Waals surface area contributed by atoms with E-state index in [0.29, 0.717) is 36.8 Å². The molecule has 0 amide bonds. The van der Waals surface area contributed by atoms with E-state index in [4.69, 9.17) is 9.47 Å². The zero-order chi connectivity index (χ0) is 41.8. The maximum atomic E-state index is 13.0. The fourth-order valence-corrected chi connectivity index (χ4v) is 5.99. The minimum atomic E-state index is -4.26. The van der Waals surface area contributed by atoms with Crippen LogP contribution in [-0.4, -0.2) is 47.5 Å². The van der Waals surface area contributed by atoms with Gasteiger partial charge in [0.1, 0.15) is 0 Å². The van der Waals surface area contributed by atoms with Crippen LogP contribution in [0.5, 0.6) is 0 Å². The van der Waals surface area contributed by atoms with Gasteiger partial charge in [0.15, 0.2) is 0 Å². The number of benzene rings is 2. The number of hydrogen-bond donors (Lipinski definition) is 0. The standard InChI is InChI=1S/C23H28F3NO2.C22H26F3NO2/c1-3-5-7-20(23(24,25)26)14-15-29-22(28)19-11-9-18(10-12-19)21-13-8-17(6-4-2)16-27-21;1-3-5-6-19(22(23,24)25)13-14-28-21(27)18-10-8-17(9-11-18)20-12-7-16(4-2)15-26-20/h8-13,16,20H,3-7,14-15H2,1-2H3;7-12,15,19H,3-6,13-14H2,1-2H3. The number of hydrogen-bond acceptors (Lipinski definition) is 6. The van der Waals surface area contributed by atoms with E-state index in [1.807, 2.05) is 50.5 Å². The molecule has 2 atom stereocenters. The molecule has 0 spiro atoms. The molecule has 0 aliphatic rings. The number of carbonyl (C=O) groups is 2. The number of pyridine rings is 2. The molecule has 0 saturated heterocycles. The molecule has 0 fully saturated rings. The van der Waals surface area contributed by atoms with Crippen LogP contribution in [0.25, 0.3) is 22.5 Å². The first-order chi connectivity index (χ1) is 27.2. The number of ether oxygens (including phenoxy) is 2. The summed E-state index contributed by atoms with van der Waals surface area (Å²) in [7, 11) is 0. The highest BCUT2D eigenvalue weighted by Gasteiger charge is 2.39. The minimum Gasteiger partial charge on any atom is -0.462 e. The van der Waals surface area contributed by atoms with E-state index in [1.165, 1.54) is 5.56 Å². The van der Waals surface area contributed by atoms with Gasteiger partial charge in [-0.05, 0) is 86.1 Å². The maximum absolute atomic E-state index is 13.0. The van der Waals surface area contributed by atoms with Gasteiger partial charge >= 0.3 is 24.3 Å². The van der Waals surface area contributed by atoms with Crippen molar-refractivity contribution in [3.05, 3.63) is 107 Å². The number of aryl methyl sites for hydroxylation is 2. The van der Waals surface area contributed by atoms with Gasteiger partial charge in [0.25, 0.3) is 0 Å². The van der Waals surface area contributed by atoms with Crippen molar-refractivity contribution < 1.29 is 45.4 Å². The monoisotopic (exact) mass is 800 g/mol. The molecule has 2 unspecified atom stereocenters. The molecule has 0 bridgehead atoms. The molecule has 310 valence electrons. The number of alkyl halides is 6. The SMILES string of the molecule is CCCCC(CCOC(=O)c1ccc(-c2ccc(CC)cn2)cc1)C(F)(F)F.CCCCC(CCOC(=O)c1ccc(-c2ccc(CCC)cn2)cc1)C(F)(F)F. The molecule has 2 heterocycles. The number of unbranched alkanes of at least 4 members (excludes halogenated alkanes) is 2. The van der Waals surface area contributed by atoms with Crippen molar-refractivity contribution in [1.29, 1.82) is 0 Å². The third kappa shape index (κ3) is 16.0. The van der Waals surface area contributed by atoms with Gasteiger partial charge in [-0.25, -0.2) is 9.59 Å². The number of carbonyl (C=O) groups excluding carboxylic acids is 2. The summed E-state index contributed by atoms with van der Waals surface area (Å²) < 4.78 is 88.2. The van der Waals surface area contributed by atoms with Crippen molar-refractivity contribution >= 4 is 11.9 Å². The molecular formula is C45H54F6N2O4. The van der Waals surface area contributed by atoms with Crippen LogP contribution in [0.2, 0.25) is 0 Å². The summed E-state index contributed by atoms with van der Waals surface area (Å²) in [5.74, 6) is -4.09. The first kappa shape index (κ1) is 46.6. The second-order valence-electron chi connectivity index (χ2n) is 14.0. The van der Waals surface area contributed by atoms with Gasteiger partial charge in [-0.3, -0.25) is 9.97 Å². The number of halogens is 6. The minimum absolute atomic E-state index is 0.0655. The largest absolute Gasteiger partial charge is 0.462 e. The smallest absolute Gasteiger partial charge is 0.391 e. The van der Waals surface area contributed by atoms with Gasteiger partial charge in [0.05, 0.1) is 47.6 Å². The molecule has 2 aromatic heterocycles. The lowest BCUT2D eigenvalue weighted by Crippen LogP contribution is -2.25. The van der Waals surface area contributed by atoms with E-state index in [0.717, 1.165) is 47.3 Å². The van der Waals surface area contributed by atoms with Crippen molar-refractivity contribution in [2.45, 2.75) is 111 Å². The number of rotatable bonds is 19. The summed E-state index contributed by atoms with van der Waals surface area (Å²) >= 11 is 0. The topological polar surface area (TPSA) is 78.4 Å². The van der Waals surface area contributed by atoms with Crippen LogP contribution in [0.15, 0.2) is 85.2 Å². The molecular weight excluding hydrogens is 746 g/mol. The van der Waals surface area contributed by atoms with Gasteiger partial charge in [-0.1, -0.05) is 96.2 Å². The average molecular weight is 801 g/mol. The third-order valence-corrected chi connectivity index (χ3v) is 9.57. The fourth-order valence-electron chi connectivity index (χ4n) is 5.99. The molecule has 57 heavy (non-hydrogen) atoms. The number of aromatic nitrogens is 2. The normalized spacial score (nSPS) is 12.6. The molecule has 4 aromatic rings. The highest BCUT2D eigenvalue weighted by molar-refractivity contribution is 5.90. The van der Waals surface area contributed by atoms with Crippen molar-refractivity contribution in [3.8, 4) is 22.5 Å². The van der Waals surface area contributed by atoms with Crippen LogP contribution >= 0.6 is 0 Å². The van der Waals surface area contributed by atoms with Gasteiger partial charge in [-0.15, -0.1) is 0 Å². The summed E-state index contributed by atoms with van der Waals surface area (Å²) in [5.41, 5.74) is 6.25. The zero-order valence-corrected chi connectivity index (χ0v) is 33.2. The predicted octanol–water partition coefficient (Wildman–Crippen LogP) is 12.8. The predicted molar refractivity (Wildman–Crippen MR) is 211 cm³/mol. The highest BCUT2D eigenvalue weighted by atomic mass is 19.4. The van der Waals surface area contributed by atoms with E-state index in [-0.39, 0.29) is 38.9 Å². The maximum Gasteiger partial charge on any atom is 0.391 e. The van der Waals surface area contributed by atoms with Crippen molar-refractivity contribution in [2.24, 2.45) is 11.8 Å². The van der Waals surface area contributed by atoms with E-state index < -0.39 is 36.1 Å². The van der Waals surface area contributed by atoms with Gasteiger partial charge in [-0.2, -0.15) is 26.3 Å². The van der Waals surface area contributed by atoms with E-state index in [9.17, 15) is 35.9 Å². The van der Waals surface area contributed by atoms with Crippen molar-refractivity contribution in [1.82, 2.24) is 9.97 Å². The summed E-state index contributed by atoms with van der Waals surface area (Å²) in [6.45, 7) is 7.39. The van der Waals surface area contributed by atoms with Crippen molar-refractivity contribution in [3.63, 3.8) is 0 Å². The molecule has 2 aromatic carbocycles. The van der Waals surface area contributed by atoms with E-state index >= 15 is 0 Å². The Morgan fingerprint density at radius 1 is 0.544 bits per heavy atom. The van der Waals surface area contributed by atoms with Gasteiger partial charge in [0, 0.05) is 23.5 Å². The van der Waals surface area contributed by atoms with E-state index in [2.05, 4.69) is 23.8 Å². The number of nitrogens with zero attached hydrogens (tertiary/aromatic N) is 2. The lowest BCUT2D eigenvalue weighted by Gasteiger charge is -2.19. The van der Waals surface area contributed by atoms with E-state index in [1.54, 1.807) is 48.5 Å². The van der Waals surface area contributed by atoms with Crippen LogP contribution in [0.4, 0.5) is 26.3 Å². The first-order valence-electron chi connectivity index (χ1n) is 19.8. The first-order valence-corrected chi connectivity index (χ1v) is 19.8. The lowest BCUT2D eigenvalue weighted by atomic mass is 9.98. The Kier molecular flexibility index (Phi) is 19.2. The number of esters is 2. The van der Waals surface area contributed by atoms with Crippen LogP contribution < -0.4 is 0 Å². The average Bonchev–Trinajstić information content (AvgIpc) is 3.20. The van der Waals surface area contributed by atoms with Gasteiger partial charge in [0.2, 0.25) is 0 Å². The summed E-state index contributed by atoms with van der Waals surface area (Å²) in [5, 5.41) is 0. The van der Waals surface area contributed by atoms with Crippen LogP contribution in [0.1, 0.15) is 117 Å². The molecule has 0 radical (unpaired) electrons. The lowest BCUT2D eigenvalue weighted by molar-refractivity contribution is -0.181. The summed E-state index contributed by atoms with van der Waals surface area (Å²) in [6, 6.07) is 21.3. The van der Waals surface area contributed by atoms with Crippen LogP contribution in [0, 0.1) is 11.8 Å². The zero-order valence-electron chi connectivity index (χ0n) is 33.2. The second kappa shape index (κ2) is 23.5. The molecule has 6 nitrogen and oxygen atoms in total. The molecule has 0 saturated carbocycles. The Labute approximate surface area is 332 Å². The van der Waals surface area contributed by atoms with Crippen molar-refractivity contribution in [2.75, 3.05) is 13.2 Å². The highest BCUT2D eigenvalue weighted by Crippen LogP contribution is 2.34. The summed E-state index contributed by atoms with van der Waals surface area (Å²) in [4.78, 5) is 33.1. The Hall–Kier alpha value is -4.74. The molecule has 0 N–H and O–H groups in total. The molecule has 12 heteroatoms. The molecule has 0 aliphatic carbocycles. The summed E-state index contributed by atoms with van der Waals surface area (Å²) in [6.07, 6.45) is 0.214. The Morgan fingerprint density at radius 2 is 0.947 bits per heavy atom. The second-order valence-corrected chi connectivity index (χ2v) is 14.0. The third-order valence-electron chi connectivity index (χ3n) is 9.57. The Bertz CT molecular complexity index is 1760. The van der Waals surface area contributed by atoms with Crippen LogP contribution in [-0.2, 0) is 22.3 Å². The Morgan fingerprint density at radius 3 is 1.26 bits per heavy atom.